The molecule has 2 amide bonds. The molecule has 156 valence electrons. The van der Waals surface area contributed by atoms with E-state index in [1.165, 1.54) is 4.90 Å². The van der Waals surface area contributed by atoms with Crippen molar-refractivity contribution < 1.29 is 14.0 Å². The minimum atomic E-state index is -1.11. The molecular formula is C21H33FN4O2. The van der Waals surface area contributed by atoms with E-state index in [2.05, 4.69) is 31.4 Å². The fraction of sp³-hybridized carbons (Fsp3) is 0.857. The number of nitriles is 1. The fourth-order valence-corrected chi connectivity index (χ4v) is 4.87. The monoisotopic (exact) mass is 392 g/mol. The number of likely N-dealkylation sites (tertiary alicyclic amines) is 1. The maximum atomic E-state index is 13.6. The predicted octanol–water partition coefficient (Wildman–Crippen LogP) is 2.29. The number of nitrogens with zero attached hydrogens (tertiary/aromatic N) is 2. The zero-order valence-electron chi connectivity index (χ0n) is 17.3. The van der Waals surface area contributed by atoms with Crippen molar-refractivity contribution in [2.24, 2.45) is 10.8 Å². The van der Waals surface area contributed by atoms with Gasteiger partial charge in [-0.1, -0.05) is 20.8 Å². The van der Waals surface area contributed by atoms with Gasteiger partial charge in [0.15, 0.2) is 0 Å². The highest BCUT2D eigenvalue weighted by molar-refractivity contribution is 5.83. The minimum absolute atomic E-state index is 0.0167. The summed E-state index contributed by atoms with van der Waals surface area (Å²) in [6, 6.07) is 1.37. The molecular weight excluding hydrogens is 359 g/mol. The number of alkyl halides is 1. The first-order chi connectivity index (χ1) is 13.1. The first-order valence-electron chi connectivity index (χ1n) is 10.4. The highest BCUT2D eigenvalue weighted by Gasteiger charge is 2.52. The lowest BCUT2D eigenvalue weighted by Crippen LogP contribution is -2.60. The number of nitrogens with one attached hydrogen (secondary N) is 2. The molecule has 1 heterocycles. The van der Waals surface area contributed by atoms with Crippen LogP contribution in [-0.4, -0.2) is 54.1 Å². The van der Waals surface area contributed by atoms with E-state index in [9.17, 15) is 14.0 Å². The summed E-state index contributed by atoms with van der Waals surface area (Å²) in [5, 5.41) is 15.7. The first-order valence-corrected chi connectivity index (χ1v) is 10.4. The van der Waals surface area contributed by atoms with E-state index in [0.29, 0.717) is 6.54 Å². The standard InChI is InChI=1S/C21H33FN4O2/c1-19(2,3)14-24-18(28)20-4-7-21(8-5-20,9-6-20)25-12-17(27)26-13-15(22)10-16(26)11-23/h15-16,25H,4-10,12-14H2,1-3H3,(H,24,28). The molecule has 28 heavy (non-hydrogen) atoms. The summed E-state index contributed by atoms with van der Waals surface area (Å²) < 4.78 is 13.6. The van der Waals surface area contributed by atoms with Gasteiger partial charge in [-0.2, -0.15) is 5.26 Å². The van der Waals surface area contributed by atoms with Crippen molar-refractivity contribution in [3.8, 4) is 6.07 Å². The molecule has 0 aromatic heterocycles. The smallest absolute Gasteiger partial charge is 0.237 e. The summed E-state index contributed by atoms with van der Waals surface area (Å²) in [6.07, 6.45) is 4.12. The summed E-state index contributed by atoms with van der Waals surface area (Å²) in [7, 11) is 0. The van der Waals surface area contributed by atoms with Crippen molar-refractivity contribution in [1.82, 2.24) is 15.5 Å². The Morgan fingerprint density at radius 2 is 1.79 bits per heavy atom. The van der Waals surface area contributed by atoms with Gasteiger partial charge in [-0.05, 0) is 43.9 Å². The number of hydrogen-bond acceptors (Lipinski definition) is 4. The van der Waals surface area contributed by atoms with Gasteiger partial charge in [0, 0.05) is 23.9 Å². The van der Waals surface area contributed by atoms with Crippen LogP contribution in [0, 0.1) is 22.2 Å². The van der Waals surface area contributed by atoms with E-state index in [1.807, 2.05) is 6.07 Å². The molecule has 0 aromatic carbocycles. The second-order valence-corrected chi connectivity index (χ2v) is 10.2. The zero-order chi connectivity index (χ0) is 20.6. The number of fused-ring (bicyclic) bond motifs is 3. The largest absolute Gasteiger partial charge is 0.355 e. The molecule has 3 aliphatic carbocycles. The Balaban J connectivity index is 1.52. The van der Waals surface area contributed by atoms with Gasteiger partial charge in [-0.3, -0.25) is 9.59 Å². The lowest BCUT2D eigenvalue weighted by molar-refractivity contribution is -0.140. The molecule has 0 spiro atoms. The highest BCUT2D eigenvalue weighted by atomic mass is 19.1. The van der Waals surface area contributed by atoms with Crippen molar-refractivity contribution >= 4 is 11.8 Å². The highest BCUT2D eigenvalue weighted by Crippen LogP contribution is 2.52. The van der Waals surface area contributed by atoms with E-state index >= 15 is 0 Å². The summed E-state index contributed by atoms with van der Waals surface area (Å²) in [5.74, 6) is -0.0267. The quantitative estimate of drug-likeness (QED) is 0.752. The van der Waals surface area contributed by atoms with E-state index in [4.69, 9.17) is 5.26 Å². The Morgan fingerprint density at radius 3 is 2.32 bits per heavy atom. The predicted molar refractivity (Wildman–Crippen MR) is 104 cm³/mol. The summed E-state index contributed by atoms with van der Waals surface area (Å²) in [4.78, 5) is 26.7. The van der Waals surface area contributed by atoms with E-state index in [0.717, 1.165) is 38.5 Å². The second-order valence-electron chi connectivity index (χ2n) is 10.2. The Morgan fingerprint density at radius 1 is 1.18 bits per heavy atom. The molecule has 3 saturated carbocycles. The lowest BCUT2D eigenvalue weighted by atomic mass is 9.57. The molecule has 2 N–H and O–H groups in total. The number of hydrogen-bond donors (Lipinski definition) is 2. The SMILES string of the molecule is CC(C)(C)CNC(=O)C12CCC(NCC(=O)N3CC(F)CC3C#N)(CC1)CC2. The van der Waals surface area contributed by atoms with Crippen LogP contribution in [0.2, 0.25) is 0 Å². The number of carbonyl (C=O) groups is 2. The van der Waals surface area contributed by atoms with E-state index in [-0.39, 0.29) is 47.7 Å². The molecule has 4 rings (SSSR count). The van der Waals surface area contributed by atoms with Gasteiger partial charge in [0.2, 0.25) is 11.8 Å². The molecule has 0 radical (unpaired) electrons. The molecule has 4 aliphatic rings. The van der Waals surface area contributed by atoms with Crippen LogP contribution in [0.1, 0.15) is 65.7 Å². The van der Waals surface area contributed by atoms with Crippen molar-refractivity contribution in [3.05, 3.63) is 0 Å². The van der Waals surface area contributed by atoms with Gasteiger partial charge < -0.3 is 15.5 Å². The average Bonchev–Trinajstić information content (AvgIpc) is 3.06. The molecule has 4 fully saturated rings. The molecule has 2 bridgehead atoms. The van der Waals surface area contributed by atoms with Crippen LogP contribution in [0.15, 0.2) is 0 Å². The molecule has 2 unspecified atom stereocenters. The van der Waals surface area contributed by atoms with Gasteiger partial charge in [0.25, 0.3) is 0 Å². The van der Waals surface area contributed by atoms with Crippen LogP contribution in [0.4, 0.5) is 4.39 Å². The van der Waals surface area contributed by atoms with Crippen LogP contribution in [0.25, 0.3) is 0 Å². The average molecular weight is 393 g/mol. The van der Waals surface area contributed by atoms with Gasteiger partial charge in [-0.25, -0.2) is 4.39 Å². The Kier molecular flexibility index (Phi) is 5.73. The van der Waals surface area contributed by atoms with Crippen LogP contribution >= 0.6 is 0 Å². The second kappa shape index (κ2) is 7.62. The lowest BCUT2D eigenvalue weighted by Gasteiger charge is -2.53. The number of rotatable bonds is 5. The summed E-state index contributed by atoms with van der Waals surface area (Å²) in [6.45, 7) is 7.16. The molecule has 7 heteroatoms. The zero-order valence-corrected chi connectivity index (χ0v) is 17.3. The third-order valence-electron chi connectivity index (χ3n) is 6.84. The number of carbonyl (C=O) groups excluding carboxylic acids is 2. The summed E-state index contributed by atoms with van der Waals surface area (Å²) in [5.41, 5.74) is -0.309. The van der Waals surface area contributed by atoms with E-state index < -0.39 is 12.2 Å². The van der Waals surface area contributed by atoms with Gasteiger partial charge in [0.05, 0.1) is 19.2 Å². The molecule has 1 saturated heterocycles. The molecule has 1 aliphatic heterocycles. The van der Waals surface area contributed by atoms with Gasteiger partial charge in [0.1, 0.15) is 12.2 Å². The third kappa shape index (κ3) is 4.32. The maximum absolute atomic E-state index is 13.6. The molecule has 0 aromatic rings. The summed E-state index contributed by atoms with van der Waals surface area (Å²) >= 11 is 0. The first kappa shape index (κ1) is 21.0. The van der Waals surface area contributed by atoms with Crippen LogP contribution < -0.4 is 10.6 Å². The molecule has 2 atom stereocenters. The maximum Gasteiger partial charge on any atom is 0.237 e. The Bertz CT molecular complexity index is 642. The fourth-order valence-electron chi connectivity index (χ4n) is 4.87. The number of halogens is 1. The van der Waals surface area contributed by atoms with Gasteiger partial charge >= 0.3 is 0 Å². The normalized spacial score (nSPS) is 34.9. The van der Waals surface area contributed by atoms with Crippen molar-refractivity contribution in [2.75, 3.05) is 19.6 Å². The molecule has 6 nitrogen and oxygen atoms in total. The Hall–Kier alpha value is -1.68. The van der Waals surface area contributed by atoms with Crippen molar-refractivity contribution in [3.63, 3.8) is 0 Å². The Labute approximate surface area is 167 Å². The van der Waals surface area contributed by atoms with Crippen molar-refractivity contribution in [1.29, 1.82) is 5.26 Å². The van der Waals surface area contributed by atoms with Gasteiger partial charge in [-0.15, -0.1) is 0 Å². The van der Waals surface area contributed by atoms with Crippen LogP contribution in [-0.2, 0) is 9.59 Å². The third-order valence-corrected chi connectivity index (χ3v) is 6.84. The minimum Gasteiger partial charge on any atom is -0.355 e. The number of amides is 2. The topological polar surface area (TPSA) is 85.2 Å². The van der Waals surface area contributed by atoms with Crippen LogP contribution in [0.3, 0.4) is 0 Å². The van der Waals surface area contributed by atoms with Crippen LogP contribution in [0.5, 0.6) is 0 Å². The van der Waals surface area contributed by atoms with Crippen molar-refractivity contribution in [2.45, 2.75) is 83.5 Å². The van der Waals surface area contributed by atoms with E-state index in [1.54, 1.807) is 0 Å².